The minimum absolute atomic E-state index is 0.00883. The van der Waals surface area contributed by atoms with Crippen LogP contribution in [-0.2, 0) is 22.4 Å². The van der Waals surface area contributed by atoms with E-state index in [1.807, 2.05) is 24.9 Å². The van der Waals surface area contributed by atoms with Crippen molar-refractivity contribution in [3.05, 3.63) is 120 Å². The number of carbonyl (C=O) groups excluding carboxylic acids is 2. The molecule has 0 saturated carbocycles. The number of likely N-dealkylation sites (tertiary alicyclic amines) is 1. The number of pyridine rings is 1. The maximum atomic E-state index is 12.5. The van der Waals surface area contributed by atoms with Crippen LogP contribution in [0.2, 0.25) is 0 Å². The standard InChI is InChI=1S/C47H64N4O2/c1-12-16-45(52)36(9)32(5)28-42-23-24-43(30-48)49-47(42)35(8)27-33(6)39(13-2)31-51(44(14-3)15-4)37(10)41-21-18-38(19-22-41)17-20-40-25-26-50(11)46(53)29-34(40)7/h12,18-19,21-24,32,37,39-40,44H,1,6-9,13-17,20,25-29,31H2,2-5,10-11H3/t32?,37?,39-,40?/m0/s1. The molecule has 1 amide bonds. The van der Waals surface area contributed by atoms with Gasteiger partial charge in [-0.05, 0) is 110 Å². The van der Waals surface area contributed by atoms with Gasteiger partial charge in [-0.3, -0.25) is 14.5 Å². The van der Waals surface area contributed by atoms with Crippen molar-refractivity contribution in [1.29, 1.82) is 5.26 Å². The Labute approximate surface area is 321 Å². The van der Waals surface area contributed by atoms with Crippen LogP contribution in [0.3, 0.4) is 0 Å². The van der Waals surface area contributed by atoms with Crippen molar-refractivity contribution in [2.75, 3.05) is 20.1 Å². The fourth-order valence-electron chi connectivity index (χ4n) is 7.69. The van der Waals surface area contributed by atoms with Crippen molar-refractivity contribution < 1.29 is 9.59 Å². The third-order valence-corrected chi connectivity index (χ3v) is 11.5. The quantitative estimate of drug-likeness (QED) is 0.0949. The van der Waals surface area contributed by atoms with Gasteiger partial charge in [0, 0.05) is 45.1 Å². The molecule has 1 aliphatic rings. The first-order chi connectivity index (χ1) is 25.3. The van der Waals surface area contributed by atoms with Crippen molar-refractivity contribution >= 4 is 17.3 Å². The van der Waals surface area contributed by atoms with Gasteiger partial charge in [0.1, 0.15) is 11.8 Å². The number of ketones is 1. The van der Waals surface area contributed by atoms with Crippen molar-refractivity contribution in [3.63, 3.8) is 0 Å². The molecule has 2 heterocycles. The van der Waals surface area contributed by atoms with E-state index < -0.39 is 0 Å². The number of aromatic nitrogens is 1. The van der Waals surface area contributed by atoms with Gasteiger partial charge in [-0.15, -0.1) is 6.58 Å². The molecule has 0 N–H and O–H groups in total. The highest BCUT2D eigenvalue weighted by Crippen LogP contribution is 2.34. The Morgan fingerprint density at radius 2 is 1.75 bits per heavy atom. The summed E-state index contributed by atoms with van der Waals surface area (Å²) in [6.45, 7) is 33.9. The second kappa shape index (κ2) is 20.8. The van der Waals surface area contributed by atoms with Gasteiger partial charge in [-0.1, -0.05) is 102 Å². The third-order valence-electron chi connectivity index (χ3n) is 11.5. The molecule has 284 valence electrons. The van der Waals surface area contributed by atoms with Crippen LogP contribution in [0.5, 0.6) is 0 Å². The first-order valence-electron chi connectivity index (χ1n) is 19.6. The smallest absolute Gasteiger partial charge is 0.226 e. The fourth-order valence-corrected chi connectivity index (χ4v) is 7.69. The Hall–Kier alpha value is -4.34. The molecule has 1 aromatic carbocycles. The van der Waals surface area contributed by atoms with Crippen LogP contribution in [0.4, 0.5) is 0 Å². The van der Waals surface area contributed by atoms with E-state index >= 15 is 0 Å². The second-order valence-corrected chi connectivity index (χ2v) is 15.2. The van der Waals surface area contributed by atoms with Gasteiger partial charge in [-0.25, -0.2) is 4.98 Å². The Bertz CT molecular complexity index is 1670. The fraction of sp³-hybridized carbons (Fsp3) is 0.489. The van der Waals surface area contributed by atoms with Crippen LogP contribution in [0, 0.1) is 29.1 Å². The highest BCUT2D eigenvalue weighted by Gasteiger charge is 2.28. The van der Waals surface area contributed by atoms with E-state index in [0.717, 1.165) is 73.9 Å². The number of rotatable bonds is 21. The molecular weight excluding hydrogens is 653 g/mol. The van der Waals surface area contributed by atoms with E-state index in [4.69, 9.17) is 4.98 Å². The highest BCUT2D eigenvalue weighted by molar-refractivity contribution is 5.96. The lowest BCUT2D eigenvalue weighted by molar-refractivity contribution is -0.128. The minimum Gasteiger partial charge on any atom is -0.345 e. The molecule has 6 nitrogen and oxygen atoms in total. The molecule has 1 aliphatic heterocycles. The molecule has 1 saturated heterocycles. The molecular formula is C47H64N4O2. The summed E-state index contributed by atoms with van der Waals surface area (Å²) in [5.41, 5.74) is 8.22. The van der Waals surface area contributed by atoms with E-state index in [-0.39, 0.29) is 36.0 Å². The Morgan fingerprint density at radius 3 is 2.36 bits per heavy atom. The first-order valence-corrected chi connectivity index (χ1v) is 19.6. The molecule has 0 spiro atoms. The number of carbonyl (C=O) groups is 2. The van der Waals surface area contributed by atoms with Gasteiger partial charge < -0.3 is 4.90 Å². The molecule has 3 unspecified atom stereocenters. The zero-order chi connectivity index (χ0) is 39.2. The molecule has 1 fully saturated rings. The molecule has 53 heavy (non-hydrogen) atoms. The number of hydrogen-bond acceptors (Lipinski definition) is 5. The zero-order valence-electron chi connectivity index (χ0n) is 33.6. The van der Waals surface area contributed by atoms with Crippen LogP contribution >= 0.6 is 0 Å². The maximum absolute atomic E-state index is 12.5. The Morgan fingerprint density at radius 1 is 1.08 bits per heavy atom. The topological polar surface area (TPSA) is 77.3 Å². The molecule has 3 rings (SSSR count). The van der Waals surface area contributed by atoms with Crippen LogP contribution in [0.1, 0.15) is 120 Å². The lowest BCUT2D eigenvalue weighted by Crippen LogP contribution is -2.40. The van der Waals surface area contributed by atoms with Crippen molar-refractivity contribution in [1.82, 2.24) is 14.8 Å². The number of nitriles is 1. The lowest BCUT2D eigenvalue weighted by atomic mass is 9.86. The summed E-state index contributed by atoms with van der Waals surface area (Å²) in [6, 6.07) is 15.6. The third kappa shape index (κ3) is 11.8. The molecule has 4 atom stereocenters. The predicted molar refractivity (Wildman–Crippen MR) is 221 cm³/mol. The van der Waals surface area contributed by atoms with Crippen LogP contribution in [0.15, 0.2) is 92.1 Å². The average Bonchev–Trinajstić information content (AvgIpc) is 3.27. The number of aryl methyl sites for hydroxylation is 1. The zero-order valence-corrected chi connectivity index (χ0v) is 33.6. The van der Waals surface area contributed by atoms with Crippen molar-refractivity contribution in [2.45, 2.75) is 111 Å². The SMILES string of the molecule is C=CCC(=O)C(=C)C(C)Cc1ccc(C#N)nc1C(=C)CC(=C)[C@@H](CC)CN(C(CC)CC)C(C)c1ccc(CCC2CCN(C)C(=O)CC2=C)cc1. The first kappa shape index (κ1) is 43.1. The van der Waals surface area contributed by atoms with Gasteiger partial charge in [0.2, 0.25) is 5.91 Å². The van der Waals surface area contributed by atoms with Crippen LogP contribution in [-0.4, -0.2) is 52.7 Å². The summed E-state index contributed by atoms with van der Waals surface area (Å²) in [7, 11) is 1.89. The monoisotopic (exact) mass is 717 g/mol. The second-order valence-electron chi connectivity index (χ2n) is 15.2. The number of allylic oxidation sites excluding steroid dienone is 3. The molecule has 0 aliphatic carbocycles. The van der Waals surface area contributed by atoms with E-state index in [1.54, 1.807) is 12.1 Å². The molecule has 2 aromatic rings. The van der Waals surface area contributed by atoms with E-state index in [0.29, 0.717) is 48.2 Å². The molecule has 0 radical (unpaired) electrons. The van der Waals surface area contributed by atoms with Crippen molar-refractivity contribution in [2.24, 2.45) is 17.8 Å². The summed E-state index contributed by atoms with van der Waals surface area (Å²) in [6.07, 6.45) is 9.53. The minimum atomic E-state index is -0.0878. The largest absolute Gasteiger partial charge is 0.345 e. The van der Waals surface area contributed by atoms with E-state index in [9.17, 15) is 14.9 Å². The van der Waals surface area contributed by atoms with Crippen LogP contribution in [0.25, 0.3) is 5.57 Å². The van der Waals surface area contributed by atoms with Gasteiger partial charge in [0.25, 0.3) is 0 Å². The normalized spacial score (nSPS) is 16.5. The summed E-state index contributed by atoms with van der Waals surface area (Å²) in [5, 5.41) is 9.67. The maximum Gasteiger partial charge on any atom is 0.226 e. The van der Waals surface area contributed by atoms with Gasteiger partial charge in [-0.2, -0.15) is 5.26 Å². The molecule has 1 aromatic heterocycles. The highest BCUT2D eigenvalue weighted by atomic mass is 16.2. The summed E-state index contributed by atoms with van der Waals surface area (Å²) in [4.78, 5) is 34.0. The van der Waals surface area contributed by atoms with Gasteiger partial charge in [0.15, 0.2) is 5.78 Å². The molecule has 0 bridgehead atoms. The lowest BCUT2D eigenvalue weighted by Gasteiger charge is -2.39. The van der Waals surface area contributed by atoms with Gasteiger partial charge >= 0.3 is 0 Å². The number of benzene rings is 1. The Kier molecular flexibility index (Phi) is 16.9. The average molecular weight is 717 g/mol. The number of amides is 1. The summed E-state index contributed by atoms with van der Waals surface area (Å²) < 4.78 is 0. The summed E-state index contributed by atoms with van der Waals surface area (Å²) >= 11 is 0. The predicted octanol–water partition coefficient (Wildman–Crippen LogP) is 10.4. The van der Waals surface area contributed by atoms with Crippen molar-refractivity contribution in [3.8, 4) is 6.07 Å². The van der Waals surface area contributed by atoms with Crippen LogP contribution < -0.4 is 0 Å². The number of hydrogen-bond donors (Lipinski definition) is 0. The number of Topliss-reactive ketones (excluding diaryl/α,β-unsaturated/α-hetero) is 1. The van der Waals surface area contributed by atoms with E-state index in [2.05, 4.69) is 95.8 Å². The Balaban J connectivity index is 1.75. The molecule has 6 heteroatoms. The van der Waals surface area contributed by atoms with E-state index in [1.165, 1.54) is 11.1 Å². The number of nitrogens with zero attached hydrogens (tertiary/aromatic N) is 4. The van der Waals surface area contributed by atoms with Gasteiger partial charge in [0.05, 0.1) is 5.69 Å². The summed E-state index contributed by atoms with van der Waals surface area (Å²) in [5.74, 6) is 0.698.